The Kier molecular flexibility index (Phi) is 6.87. The van der Waals surface area contributed by atoms with E-state index < -0.39 is 31.5 Å². The second-order valence-corrected chi connectivity index (χ2v) is 7.58. The van der Waals surface area contributed by atoms with Crippen LogP contribution in [-0.2, 0) is 20.0 Å². The summed E-state index contributed by atoms with van der Waals surface area (Å²) in [4.78, 5) is -0.000602. The summed E-state index contributed by atoms with van der Waals surface area (Å²) in [6.07, 6.45) is 0. The Balaban J connectivity index is 0.00000256. The van der Waals surface area contributed by atoms with Gasteiger partial charge in [0.05, 0.1) is 26.5 Å². The normalized spacial score (nSPS) is 11.9. The van der Waals surface area contributed by atoms with Crippen LogP contribution in [-0.4, -0.2) is 32.9 Å². The maximum Gasteiger partial charge on any atom is 1.00 e. The topological polar surface area (TPSA) is 91.3 Å². The zero-order valence-corrected chi connectivity index (χ0v) is 14.2. The molecule has 0 radical (unpaired) electrons. The van der Waals surface area contributed by atoms with Gasteiger partial charge in [0.15, 0.2) is 9.84 Å². The zero-order chi connectivity index (χ0) is 12.4. The molecule has 0 fully saturated rings. The summed E-state index contributed by atoms with van der Waals surface area (Å²) in [6.45, 7) is 0. The van der Waals surface area contributed by atoms with E-state index in [0.29, 0.717) is 4.47 Å². The Hall–Kier alpha value is 0.560. The number of rotatable bonds is 4. The third kappa shape index (κ3) is 6.32. The molecule has 0 heterocycles. The quantitative estimate of drug-likeness (QED) is 0.452. The van der Waals surface area contributed by atoms with Gasteiger partial charge in [0.1, 0.15) is 0 Å². The van der Waals surface area contributed by atoms with Crippen molar-refractivity contribution < 1.29 is 50.9 Å². The molecule has 1 aromatic carbocycles. The minimum absolute atomic E-state index is 0. The van der Waals surface area contributed by atoms with E-state index in [1.807, 2.05) is 0 Å². The van der Waals surface area contributed by atoms with Crippen LogP contribution in [0.15, 0.2) is 33.6 Å². The van der Waals surface area contributed by atoms with Crippen LogP contribution in [0.3, 0.4) is 0 Å². The predicted octanol–water partition coefficient (Wildman–Crippen LogP) is -2.23. The first-order valence-corrected chi connectivity index (χ1v) is 8.15. The van der Waals surface area contributed by atoms with Gasteiger partial charge < -0.3 is 4.55 Å². The number of sulfone groups is 1. The first-order valence-electron chi connectivity index (χ1n) is 4.13. The standard InChI is InChI=1S/C8H9BrO5S2.Na/c9-7-1-3-8(4-2-7)15(10,11)5-6-16(12,13)14;/h1-4H,5-6H2,(H,12,13,14);/q;+1/p-1. The largest absolute Gasteiger partial charge is 1.00 e. The van der Waals surface area contributed by atoms with E-state index in [4.69, 9.17) is 0 Å². The van der Waals surface area contributed by atoms with Crippen molar-refractivity contribution in [3.8, 4) is 0 Å². The zero-order valence-electron chi connectivity index (χ0n) is 8.96. The van der Waals surface area contributed by atoms with Crippen LogP contribution in [0, 0.1) is 0 Å². The molecule has 0 bridgehead atoms. The van der Waals surface area contributed by atoms with Crippen LogP contribution in [0.5, 0.6) is 0 Å². The minimum atomic E-state index is -4.51. The third-order valence-corrected chi connectivity index (χ3v) is 5.00. The van der Waals surface area contributed by atoms with Gasteiger partial charge in [-0.25, -0.2) is 16.8 Å². The van der Waals surface area contributed by atoms with Crippen LogP contribution in [0.2, 0.25) is 0 Å². The molecular weight excluding hydrogens is 343 g/mol. The van der Waals surface area contributed by atoms with Crippen LogP contribution in [0.1, 0.15) is 0 Å². The molecule has 0 saturated carbocycles. The Bertz CT molecular complexity index is 564. The van der Waals surface area contributed by atoms with Crippen LogP contribution in [0.4, 0.5) is 0 Å². The fourth-order valence-electron chi connectivity index (χ4n) is 0.972. The number of halogens is 1. The number of hydrogen-bond acceptors (Lipinski definition) is 5. The van der Waals surface area contributed by atoms with Crippen molar-refractivity contribution in [1.29, 1.82) is 0 Å². The first kappa shape index (κ1) is 17.6. The van der Waals surface area contributed by atoms with E-state index in [9.17, 15) is 21.4 Å². The Morgan fingerprint density at radius 2 is 1.47 bits per heavy atom. The summed E-state index contributed by atoms with van der Waals surface area (Å²) in [7, 11) is -8.22. The molecule has 0 amide bonds. The molecule has 0 aliphatic carbocycles. The molecule has 1 aromatic rings. The summed E-state index contributed by atoms with van der Waals surface area (Å²) in [5.74, 6) is -1.61. The average molecular weight is 351 g/mol. The van der Waals surface area contributed by atoms with Crippen molar-refractivity contribution in [2.45, 2.75) is 4.90 Å². The molecule has 1 rings (SSSR count). The van der Waals surface area contributed by atoms with E-state index >= 15 is 0 Å². The molecule has 5 nitrogen and oxygen atoms in total. The van der Waals surface area contributed by atoms with Gasteiger partial charge in [0, 0.05) is 4.47 Å². The average Bonchev–Trinajstić information content (AvgIpc) is 2.15. The summed E-state index contributed by atoms with van der Waals surface area (Å²) in [5, 5.41) is 0. The van der Waals surface area contributed by atoms with Gasteiger partial charge in [-0.2, -0.15) is 0 Å². The van der Waals surface area contributed by atoms with Crippen molar-refractivity contribution in [1.82, 2.24) is 0 Å². The maximum atomic E-state index is 11.6. The van der Waals surface area contributed by atoms with Crippen molar-refractivity contribution in [2.75, 3.05) is 11.5 Å². The predicted molar refractivity (Wildman–Crippen MR) is 60.8 cm³/mol. The second kappa shape index (κ2) is 6.65. The molecule has 0 unspecified atom stereocenters. The van der Waals surface area contributed by atoms with Gasteiger partial charge >= 0.3 is 29.6 Å². The molecule has 9 heteroatoms. The monoisotopic (exact) mass is 350 g/mol. The Morgan fingerprint density at radius 1 is 1.00 bits per heavy atom. The third-order valence-electron chi connectivity index (χ3n) is 1.77. The summed E-state index contributed by atoms with van der Waals surface area (Å²) in [6, 6.07) is 5.74. The van der Waals surface area contributed by atoms with E-state index in [1.54, 1.807) is 0 Å². The van der Waals surface area contributed by atoms with Gasteiger partial charge in [-0.05, 0) is 24.3 Å². The Morgan fingerprint density at radius 3 is 1.88 bits per heavy atom. The van der Waals surface area contributed by atoms with Gasteiger partial charge in [0.2, 0.25) is 0 Å². The second-order valence-electron chi connectivity index (χ2n) is 3.03. The molecule has 0 saturated heterocycles. The van der Waals surface area contributed by atoms with Gasteiger partial charge in [-0.15, -0.1) is 0 Å². The molecule has 0 aliphatic heterocycles. The van der Waals surface area contributed by atoms with Gasteiger partial charge in [0.25, 0.3) is 0 Å². The van der Waals surface area contributed by atoms with E-state index in [0.717, 1.165) is 0 Å². The molecule has 0 aliphatic rings. The van der Waals surface area contributed by atoms with Crippen molar-refractivity contribution >= 4 is 35.9 Å². The van der Waals surface area contributed by atoms with Crippen molar-refractivity contribution in [3.05, 3.63) is 28.7 Å². The molecule has 0 spiro atoms. The first-order chi connectivity index (χ1) is 7.21. The van der Waals surface area contributed by atoms with Gasteiger partial charge in [-0.3, -0.25) is 0 Å². The van der Waals surface area contributed by atoms with Crippen molar-refractivity contribution in [3.63, 3.8) is 0 Å². The number of benzene rings is 1. The van der Waals surface area contributed by atoms with E-state index in [2.05, 4.69) is 15.9 Å². The summed E-state index contributed by atoms with van der Waals surface area (Å²) < 4.78 is 54.9. The molecule has 0 N–H and O–H groups in total. The Labute approximate surface area is 131 Å². The fraction of sp³-hybridized carbons (Fsp3) is 0.250. The van der Waals surface area contributed by atoms with Crippen LogP contribution < -0.4 is 29.6 Å². The van der Waals surface area contributed by atoms with Crippen molar-refractivity contribution in [2.24, 2.45) is 0 Å². The van der Waals surface area contributed by atoms with Crippen LogP contribution >= 0.6 is 15.9 Å². The molecular formula is C8H8BrNaO5S2. The number of hydrogen-bond donors (Lipinski definition) is 0. The SMILES string of the molecule is O=S(=O)([O-])CCS(=O)(=O)c1ccc(Br)cc1.[Na+]. The van der Waals surface area contributed by atoms with E-state index in [1.165, 1.54) is 24.3 Å². The minimum Gasteiger partial charge on any atom is -0.748 e. The smallest absolute Gasteiger partial charge is 0.748 e. The van der Waals surface area contributed by atoms with Crippen LogP contribution in [0.25, 0.3) is 0 Å². The summed E-state index contributed by atoms with van der Waals surface area (Å²) in [5.41, 5.74) is 0. The summed E-state index contributed by atoms with van der Waals surface area (Å²) >= 11 is 3.14. The van der Waals surface area contributed by atoms with E-state index in [-0.39, 0.29) is 34.5 Å². The molecule has 0 aromatic heterocycles. The van der Waals surface area contributed by atoms with Gasteiger partial charge in [-0.1, -0.05) is 15.9 Å². The molecule has 17 heavy (non-hydrogen) atoms. The maximum absolute atomic E-state index is 11.6. The fourth-order valence-corrected chi connectivity index (χ4v) is 3.72. The molecule has 0 atom stereocenters. The molecule has 90 valence electrons.